The maximum Gasteiger partial charge on any atom is 0.262 e. The summed E-state index contributed by atoms with van der Waals surface area (Å²) in [7, 11) is 0. The van der Waals surface area contributed by atoms with Crippen LogP contribution in [-0.4, -0.2) is 25.0 Å². The fourth-order valence-corrected chi connectivity index (χ4v) is 5.15. The van der Waals surface area contributed by atoms with Crippen molar-refractivity contribution in [3.05, 3.63) is 57.5 Å². The van der Waals surface area contributed by atoms with E-state index in [9.17, 15) is 9.59 Å². The summed E-state index contributed by atoms with van der Waals surface area (Å²) in [6, 6.07) is 4.07. The Hall–Kier alpha value is -2.60. The van der Waals surface area contributed by atoms with Gasteiger partial charge in [0.05, 0.1) is 5.56 Å². The number of aryl methyl sites for hydroxylation is 4. The molecule has 0 unspecified atom stereocenters. The van der Waals surface area contributed by atoms with Crippen molar-refractivity contribution in [3.8, 4) is 5.75 Å². The Morgan fingerprint density at radius 1 is 1.17 bits per heavy atom. The predicted octanol–water partition coefficient (Wildman–Crippen LogP) is 4.49. The molecule has 0 atom stereocenters. The Labute approximate surface area is 176 Å². The maximum absolute atomic E-state index is 12.7. The summed E-state index contributed by atoms with van der Waals surface area (Å²) < 4.78 is 5.80. The van der Waals surface area contributed by atoms with Crippen molar-refractivity contribution in [2.24, 2.45) is 0 Å². The predicted molar refractivity (Wildman–Crippen MR) is 118 cm³/mol. The van der Waals surface area contributed by atoms with Crippen molar-refractivity contribution in [3.63, 3.8) is 0 Å². The molecule has 1 aliphatic rings. The van der Waals surface area contributed by atoms with Crippen LogP contribution in [0.2, 0.25) is 0 Å². The van der Waals surface area contributed by atoms with Gasteiger partial charge in [0.25, 0.3) is 11.8 Å². The second kappa shape index (κ2) is 9.27. The molecule has 0 radical (unpaired) electrons. The molecule has 0 spiro atoms. The highest BCUT2D eigenvalue weighted by molar-refractivity contribution is 7.17. The number of amides is 2. The Morgan fingerprint density at radius 2 is 1.86 bits per heavy atom. The molecule has 2 N–H and O–H groups in total. The number of rotatable bonds is 7. The van der Waals surface area contributed by atoms with Gasteiger partial charge in [-0.3, -0.25) is 9.59 Å². The lowest BCUT2D eigenvalue weighted by atomic mass is 9.95. The topological polar surface area (TPSA) is 67.4 Å². The number of fused-ring (bicyclic) bond motifs is 1. The molecule has 0 saturated heterocycles. The zero-order chi connectivity index (χ0) is 21.0. The molecule has 5 nitrogen and oxygen atoms in total. The number of carbonyl (C=O) groups excluding carboxylic acids is 2. The number of hydrogen-bond donors (Lipinski definition) is 2. The smallest absolute Gasteiger partial charge is 0.262 e. The van der Waals surface area contributed by atoms with Gasteiger partial charge in [-0.15, -0.1) is 17.9 Å². The molecule has 2 amide bonds. The number of ether oxygens (including phenoxy) is 1. The van der Waals surface area contributed by atoms with Crippen molar-refractivity contribution in [2.45, 2.75) is 46.5 Å². The van der Waals surface area contributed by atoms with Crippen molar-refractivity contribution in [2.75, 3.05) is 18.5 Å². The van der Waals surface area contributed by atoms with Gasteiger partial charge >= 0.3 is 0 Å². The third kappa shape index (κ3) is 4.88. The first-order valence-electron chi connectivity index (χ1n) is 9.94. The zero-order valence-corrected chi connectivity index (χ0v) is 18.1. The molecule has 29 heavy (non-hydrogen) atoms. The van der Waals surface area contributed by atoms with Crippen molar-refractivity contribution >= 4 is 28.2 Å². The Kier molecular flexibility index (Phi) is 6.75. The van der Waals surface area contributed by atoms with E-state index in [1.54, 1.807) is 6.08 Å². The minimum atomic E-state index is -0.263. The summed E-state index contributed by atoms with van der Waals surface area (Å²) in [5.74, 6) is 0.312. The molecule has 1 aromatic heterocycles. The zero-order valence-electron chi connectivity index (χ0n) is 17.3. The maximum atomic E-state index is 12.7. The third-order valence-electron chi connectivity index (χ3n) is 5.01. The van der Waals surface area contributed by atoms with Crippen LogP contribution in [0, 0.1) is 20.8 Å². The van der Waals surface area contributed by atoms with E-state index in [1.807, 2.05) is 32.9 Å². The number of carbonyl (C=O) groups is 2. The third-order valence-corrected chi connectivity index (χ3v) is 6.22. The van der Waals surface area contributed by atoms with Crippen LogP contribution in [0.4, 0.5) is 5.00 Å². The van der Waals surface area contributed by atoms with Crippen LogP contribution in [0.15, 0.2) is 24.8 Å². The molecular weight excluding hydrogens is 384 g/mol. The first kappa shape index (κ1) is 21.1. The number of anilines is 1. The number of benzene rings is 1. The number of thiophene rings is 1. The molecule has 6 heteroatoms. The van der Waals surface area contributed by atoms with E-state index >= 15 is 0 Å². The lowest BCUT2D eigenvalue weighted by Crippen LogP contribution is -2.27. The fourth-order valence-electron chi connectivity index (χ4n) is 3.84. The van der Waals surface area contributed by atoms with Gasteiger partial charge in [0.1, 0.15) is 10.8 Å². The van der Waals surface area contributed by atoms with Gasteiger partial charge in [0, 0.05) is 11.4 Å². The standard InChI is InChI=1S/C23H28N2O3S/c1-5-10-24-22(27)20-17-8-6-7-9-18(17)29-23(20)25-19(26)13-28-21-15(3)11-14(2)12-16(21)4/h5,11-12H,1,6-10,13H2,2-4H3,(H,24,27)(H,25,26). The SMILES string of the molecule is C=CCNC(=O)c1c(NC(=O)COc2c(C)cc(C)cc2C)sc2c1CCCC2. The Bertz CT molecular complexity index is 923. The first-order chi connectivity index (χ1) is 13.9. The minimum absolute atomic E-state index is 0.0962. The molecule has 0 bridgehead atoms. The molecular formula is C23H28N2O3S. The average Bonchev–Trinajstić information content (AvgIpc) is 3.03. The quantitative estimate of drug-likeness (QED) is 0.659. The van der Waals surface area contributed by atoms with Crippen LogP contribution >= 0.6 is 11.3 Å². The van der Waals surface area contributed by atoms with E-state index in [0.717, 1.165) is 53.7 Å². The summed E-state index contributed by atoms with van der Waals surface area (Å²) >= 11 is 1.51. The second-order valence-electron chi connectivity index (χ2n) is 7.48. The molecule has 0 fully saturated rings. The molecule has 1 heterocycles. The van der Waals surface area contributed by atoms with Gasteiger partial charge in [-0.05, 0) is 63.1 Å². The summed E-state index contributed by atoms with van der Waals surface area (Å²) in [5, 5.41) is 6.37. The van der Waals surface area contributed by atoms with Crippen molar-refractivity contribution < 1.29 is 14.3 Å². The highest BCUT2D eigenvalue weighted by atomic mass is 32.1. The van der Waals surface area contributed by atoms with Gasteiger partial charge in [-0.2, -0.15) is 0 Å². The van der Waals surface area contributed by atoms with E-state index < -0.39 is 0 Å². The molecule has 154 valence electrons. The Balaban J connectivity index is 1.75. The van der Waals surface area contributed by atoms with E-state index in [-0.39, 0.29) is 18.4 Å². The fraction of sp³-hybridized carbons (Fsp3) is 0.391. The van der Waals surface area contributed by atoms with Crippen LogP contribution in [0.3, 0.4) is 0 Å². The highest BCUT2D eigenvalue weighted by Crippen LogP contribution is 2.38. The summed E-state index contributed by atoms with van der Waals surface area (Å²) in [5.41, 5.74) is 4.85. The summed E-state index contributed by atoms with van der Waals surface area (Å²) in [6.07, 6.45) is 5.65. The molecule has 1 aliphatic carbocycles. The van der Waals surface area contributed by atoms with E-state index in [2.05, 4.69) is 17.2 Å². The molecule has 0 aliphatic heterocycles. The van der Waals surface area contributed by atoms with E-state index in [1.165, 1.54) is 16.2 Å². The van der Waals surface area contributed by atoms with Gasteiger partial charge < -0.3 is 15.4 Å². The highest BCUT2D eigenvalue weighted by Gasteiger charge is 2.26. The lowest BCUT2D eigenvalue weighted by molar-refractivity contribution is -0.118. The molecule has 2 aromatic rings. The summed E-state index contributed by atoms with van der Waals surface area (Å²) in [6.45, 7) is 9.93. The average molecular weight is 413 g/mol. The largest absolute Gasteiger partial charge is 0.483 e. The van der Waals surface area contributed by atoms with Crippen molar-refractivity contribution in [1.82, 2.24) is 5.32 Å². The first-order valence-corrected chi connectivity index (χ1v) is 10.8. The summed E-state index contributed by atoms with van der Waals surface area (Å²) in [4.78, 5) is 26.5. The number of nitrogens with one attached hydrogen (secondary N) is 2. The van der Waals surface area contributed by atoms with Gasteiger partial charge in [-0.25, -0.2) is 0 Å². The van der Waals surface area contributed by atoms with Crippen molar-refractivity contribution in [1.29, 1.82) is 0 Å². The van der Waals surface area contributed by atoms with Crippen LogP contribution < -0.4 is 15.4 Å². The van der Waals surface area contributed by atoms with Crippen LogP contribution in [0.5, 0.6) is 5.75 Å². The lowest BCUT2D eigenvalue weighted by Gasteiger charge is -2.14. The van der Waals surface area contributed by atoms with Crippen LogP contribution in [0.1, 0.15) is 50.3 Å². The monoisotopic (exact) mass is 412 g/mol. The molecule has 3 rings (SSSR count). The Morgan fingerprint density at radius 3 is 2.55 bits per heavy atom. The molecule has 0 saturated carbocycles. The van der Waals surface area contributed by atoms with Crippen LogP contribution in [-0.2, 0) is 17.6 Å². The van der Waals surface area contributed by atoms with Crippen LogP contribution in [0.25, 0.3) is 0 Å². The number of hydrogen-bond acceptors (Lipinski definition) is 4. The normalized spacial score (nSPS) is 12.8. The minimum Gasteiger partial charge on any atom is -0.483 e. The van der Waals surface area contributed by atoms with Gasteiger partial charge in [-0.1, -0.05) is 23.8 Å². The van der Waals surface area contributed by atoms with Gasteiger partial charge in [0.2, 0.25) is 0 Å². The second-order valence-corrected chi connectivity index (χ2v) is 8.58. The van der Waals surface area contributed by atoms with Gasteiger partial charge in [0.15, 0.2) is 6.61 Å². The van der Waals surface area contributed by atoms with E-state index in [4.69, 9.17) is 4.74 Å². The molecule has 1 aromatic carbocycles. The van der Waals surface area contributed by atoms with E-state index in [0.29, 0.717) is 17.1 Å².